The van der Waals surface area contributed by atoms with Gasteiger partial charge in [-0.15, -0.1) is 0 Å². The molecular formula is C17H26N2OS. The van der Waals surface area contributed by atoms with E-state index in [1.54, 1.807) is 11.3 Å². The standard InChI is InChI=1S/C17H26N2OS/c1-2-7-15-17(20)19(14-8-5-3-4-6-9-14)16(18-15)13-10-11-21-12-13/h10-12,14-16,18H,2-9H2,1H3. The second-order valence-corrected chi connectivity index (χ2v) is 7.14. The average Bonchev–Trinajstić information content (AvgIpc) is 3.02. The largest absolute Gasteiger partial charge is 0.319 e. The molecule has 1 N–H and O–H groups in total. The lowest BCUT2D eigenvalue weighted by atomic mass is 10.1. The molecule has 21 heavy (non-hydrogen) atoms. The molecule has 4 heteroatoms. The van der Waals surface area contributed by atoms with Gasteiger partial charge in [-0.2, -0.15) is 11.3 Å². The summed E-state index contributed by atoms with van der Waals surface area (Å²) in [5.41, 5.74) is 1.26. The Morgan fingerprint density at radius 2 is 2.05 bits per heavy atom. The van der Waals surface area contributed by atoms with Crippen molar-refractivity contribution in [2.45, 2.75) is 76.5 Å². The van der Waals surface area contributed by atoms with Gasteiger partial charge in [-0.25, -0.2) is 0 Å². The zero-order chi connectivity index (χ0) is 14.7. The van der Waals surface area contributed by atoms with Crippen LogP contribution in [-0.4, -0.2) is 22.9 Å². The summed E-state index contributed by atoms with van der Waals surface area (Å²) in [7, 11) is 0. The van der Waals surface area contributed by atoms with Crippen LogP contribution in [-0.2, 0) is 4.79 Å². The van der Waals surface area contributed by atoms with Gasteiger partial charge in [0.25, 0.3) is 0 Å². The lowest BCUT2D eigenvalue weighted by Crippen LogP contribution is -2.39. The molecule has 2 atom stereocenters. The van der Waals surface area contributed by atoms with Crippen molar-refractivity contribution in [1.29, 1.82) is 0 Å². The summed E-state index contributed by atoms with van der Waals surface area (Å²) in [4.78, 5) is 15.1. The van der Waals surface area contributed by atoms with Crippen LogP contribution >= 0.6 is 11.3 Å². The highest BCUT2D eigenvalue weighted by atomic mass is 32.1. The predicted octanol–water partition coefficient (Wildman–Crippen LogP) is 4.07. The lowest BCUT2D eigenvalue weighted by molar-refractivity contribution is -0.132. The molecule has 1 aliphatic carbocycles. The summed E-state index contributed by atoms with van der Waals surface area (Å²) >= 11 is 1.72. The fourth-order valence-electron chi connectivity index (χ4n) is 3.76. The topological polar surface area (TPSA) is 32.3 Å². The summed E-state index contributed by atoms with van der Waals surface area (Å²) in [6.45, 7) is 2.16. The van der Waals surface area contributed by atoms with Gasteiger partial charge < -0.3 is 4.90 Å². The van der Waals surface area contributed by atoms with Crippen molar-refractivity contribution in [1.82, 2.24) is 10.2 Å². The predicted molar refractivity (Wildman–Crippen MR) is 87.2 cm³/mol. The van der Waals surface area contributed by atoms with E-state index in [0.29, 0.717) is 11.9 Å². The summed E-state index contributed by atoms with van der Waals surface area (Å²) < 4.78 is 0. The number of rotatable bonds is 4. The van der Waals surface area contributed by atoms with Crippen molar-refractivity contribution in [2.75, 3.05) is 0 Å². The smallest absolute Gasteiger partial charge is 0.241 e. The fraction of sp³-hybridized carbons (Fsp3) is 0.706. The van der Waals surface area contributed by atoms with Gasteiger partial charge in [0.15, 0.2) is 0 Å². The molecule has 0 spiro atoms. The molecule has 1 amide bonds. The molecule has 2 fully saturated rings. The molecule has 0 radical (unpaired) electrons. The quantitative estimate of drug-likeness (QED) is 0.850. The van der Waals surface area contributed by atoms with E-state index in [1.165, 1.54) is 44.1 Å². The second kappa shape index (κ2) is 6.93. The number of carbonyl (C=O) groups is 1. The Morgan fingerprint density at radius 1 is 1.29 bits per heavy atom. The van der Waals surface area contributed by atoms with Crippen molar-refractivity contribution in [2.24, 2.45) is 0 Å². The minimum Gasteiger partial charge on any atom is -0.319 e. The SMILES string of the molecule is CCCC1NC(c2ccsc2)N(C2CCCCCC2)C1=O. The molecule has 2 heterocycles. The maximum absolute atomic E-state index is 12.9. The highest BCUT2D eigenvalue weighted by Gasteiger charge is 2.42. The van der Waals surface area contributed by atoms with Crippen LogP contribution in [0.25, 0.3) is 0 Å². The zero-order valence-corrected chi connectivity index (χ0v) is 13.7. The third-order valence-electron chi connectivity index (χ3n) is 4.84. The minimum absolute atomic E-state index is 0.0168. The number of thiophene rings is 1. The Balaban J connectivity index is 1.83. The zero-order valence-electron chi connectivity index (χ0n) is 12.9. The average molecular weight is 306 g/mol. The van der Waals surface area contributed by atoms with Crippen LogP contribution in [0.15, 0.2) is 16.8 Å². The molecule has 3 rings (SSSR count). The molecule has 1 aliphatic heterocycles. The molecular weight excluding hydrogens is 280 g/mol. The van der Waals surface area contributed by atoms with Crippen molar-refractivity contribution in [3.05, 3.63) is 22.4 Å². The van der Waals surface area contributed by atoms with E-state index in [4.69, 9.17) is 0 Å². The van der Waals surface area contributed by atoms with Crippen molar-refractivity contribution in [3.8, 4) is 0 Å². The van der Waals surface area contributed by atoms with E-state index in [-0.39, 0.29) is 12.2 Å². The summed E-state index contributed by atoms with van der Waals surface area (Å²) in [6.07, 6.45) is 9.64. The number of amides is 1. The summed E-state index contributed by atoms with van der Waals surface area (Å²) in [6, 6.07) is 2.61. The van der Waals surface area contributed by atoms with Crippen LogP contribution in [0.2, 0.25) is 0 Å². The third-order valence-corrected chi connectivity index (χ3v) is 5.55. The van der Waals surface area contributed by atoms with Gasteiger partial charge in [0.2, 0.25) is 5.91 Å². The van der Waals surface area contributed by atoms with Crippen molar-refractivity contribution >= 4 is 17.2 Å². The normalized spacial score (nSPS) is 28.0. The first-order chi connectivity index (χ1) is 10.3. The molecule has 1 saturated heterocycles. The first kappa shape index (κ1) is 15.0. The van der Waals surface area contributed by atoms with Gasteiger partial charge >= 0.3 is 0 Å². The lowest BCUT2D eigenvalue weighted by Gasteiger charge is -2.32. The molecule has 0 aromatic carbocycles. The van der Waals surface area contributed by atoms with Crippen molar-refractivity contribution < 1.29 is 4.79 Å². The fourth-order valence-corrected chi connectivity index (χ4v) is 4.44. The second-order valence-electron chi connectivity index (χ2n) is 6.36. The van der Waals surface area contributed by atoms with Gasteiger partial charge in [-0.1, -0.05) is 39.0 Å². The number of nitrogens with zero attached hydrogens (tertiary/aromatic N) is 1. The third kappa shape index (κ3) is 3.16. The molecule has 2 unspecified atom stereocenters. The molecule has 116 valence electrons. The molecule has 0 bridgehead atoms. The Morgan fingerprint density at radius 3 is 2.67 bits per heavy atom. The van der Waals surface area contributed by atoms with Crippen LogP contribution in [0.5, 0.6) is 0 Å². The monoisotopic (exact) mass is 306 g/mol. The van der Waals surface area contributed by atoms with Crippen LogP contribution in [0, 0.1) is 0 Å². The van der Waals surface area contributed by atoms with E-state index < -0.39 is 0 Å². The van der Waals surface area contributed by atoms with Crippen molar-refractivity contribution in [3.63, 3.8) is 0 Å². The van der Waals surface area contributed by atoms with E-state index in [1.807, 2.05) is 0 Å². The van der Waals surface area contributed by atoms with E-state index in [2.05, 4.69) is 34.0 Å². The highest BCUT2D eigenvalue weighted by Crippen LogP contribution is 2.34. The number of hydrogen-bond donors (Lipinski definition) is 1. The minimum atomic E-state index is 0.0168. The van der Waals surface area contributed by atoms with Crippen LogP contribution < -0.4 is 5.32 Å². The molecule has 1 aromatic heterocycles. The number of hydrogen-bond acceptors (Lipinski definition) is 3. The van der Waals surface area contributed by atoms with Gasteiger partial charge in [0, 0.05) is 6.04 Å². The first-order valence-electron chi connectivity index (χ1n) is 8.41. The Labute approximate surface area is 131 Å². The van der Waals surface area contributed by atoms with Gasteiger partial charge in [-0.3, -0.25) is 10.1 Å². The Kier molecular flexibility index (Phi) is 4.96. The summed E-state index contributed by atoms with van der Waals surface area (Å²) in [5.74, 6) is 0.333. The van der Waals surface area contributed by atoms with E-state index >= 15 is 0 Å². The number of carbonyl (C=O) groups excluding carboxylic acids is 1. The van der Waals surface area contributed by atoms with Crippen LogP contribution in [0.4, 0.5) is 0 Å². The van der Waals surface area contributed by atoms with Gasteiger partial charge in [0.05, 0.1) is 6.04 Å². The van der Waals surface area contributed by atoms with Crippen LogP contribution in [0.1, 0.15) is 70.0 Å². The maximum atomic E-state index is 12.9. The number of nitrogens with one attached hydrogen (secondary N) is 1. The van der Waals surface area contributed by atoms with Gasteiger partial charge in [-0.05, 0) is 41.7 Å². The first-order valence-corrected chi connectivity index (χ1v) is 9.36. The Hall–Kier alpha value is -0.870. The maximum Gasteiger partial charge on any atom is 0.241 e. The highest BCUT2D eigenvalue weighted by molar-refractivity contribution is 7.07. The van der Waals surface area contributed by atoms with Gasteiger partial charge in [0.1, 0.15) is 6.17 Å². The molecule has 3 nitrogen and oxygen atoms in total. The molecule has 2 aliphatic rings. The molecule has 1 aromatic rings. The summed E-state index contributed by atoms with van der Waals surface area (Å²) in [5, 5.41) is 7.89. The Bertz CT molecular complexity index is 451. The van der Waals surface area contributed by atoms with E-state index in [9.17, 15) is 4.79 Å². The van der Waals surface area contributed by atoms with E-state index in [0.717, 1.165) is 12.8 Å². The molecule has 1 saturated carbocycles. The van der Waals surface area contributed by atoms with Crippen LogP contribution in [0.3, 0.4) is 0 Å².